The lowest BCUT2D eigenvalue weighted by Gasteiger charge is -2.28. The average molecular weight is 357 g/mol. The van der Waals surface area contributed by atoms with Crippen LogP contribution in [-0.4, -0.2) is 53.8 Å². The molecule has 6 nitrogen and oxygen atoms in total. The van der Waals surface area contributed by atoms with Gasteiger partial charge in [-0.3, -0.25) is 14.9 Å². The largest absolute Gasteiger partial charge is 0.330 e. The van der Waals surface area contributed by atoms with Crippen molar-refractivity contribution in [3.63, 3.8) is 0 Å². The molecule has 0 spiro atoms. The van der Waals surface area contributed by atoms with E-state index in [0.29, 0.717) is 6.54 Å². The van der Waals surface area contributed by atoms with E-state index in [4.69, 9.17) is 11.5 Å². The van der Waals surface area contributed by atoms with Crippen molar-refractivity contribution in [3.8, 4) is 0 Å². The molecule has 1 atom stereocenters. The lowest BCUT2D eigenvalue weighted by molar-refractivity contribution is 0.191. The monoisotopic (exact) mass is 356 g/mol. The first-order valence-electron chi connectivity index (χ1n) is 9.50. The summed E-state index contributed by atoms with van der Waals surface area (Å²) in [6, 6.07) is 12.1. The molecule has 2 rings (SSSR count). The van der Waals surface area contributed by atoms with Crippen LogP contribution in [0.4, 0.5) is 0 Å². The molecule has 0 aliphatic heterocycles. The van der Waals surface area contributed by atoms with E-state index in [-0.39, 0.29) is 6.17 Å². The Morgan fingerprint density at radius 1 is 0.923 bits per heavy atom. The van der Waals surface area contributed by atoms with Crippen LogP contribution in [0.25, 0.3) is 0 Å². The third kappa shape index (κ3) is 8.01. The standard InChI is InChI=1S/C20H32N6/c21-11-8-20(22)26(17-10-19-7-2-4-14-25-19)16-5-12-23-15-9-18-6-1-3-13-24-18/h1-4,6-7,13-14,20,23H,5,8-12,15-17,21-22H2. The van der Waals surface area contributed by atoms with Crippen molar-refractivity contribution in [2.24, 2.45) is 11.5 Å². The zero-order valence-electron chi connectivity index (χ0n) is 15.6. The van der Waals surface area contributed by atoms with Gasteiger partial charge in [0.15, 0.2) is 0 Å². The summed E-state index contributed by atoms with van der Waals surface area (Å²) in [5, 5.41) is 3.49. The highest BCUT2D eigenvalue weighted by molar-refractivity contribution is 5.04. The van der Waals surface area contributed by atoms with E-state index >= 15 is 0 Å². The van der Waals surface area contributed by atoms with Gasteiger partial charge < -0.3 is 16.8 Å². The molecule has 0 bridgehead atoms. The molecule has 0 saturated heterocycles. The maximum Gasteiger partial charge on any atom is 0.0583 e. The van der Waals surface area contributed by atoms with Crippen LogP contribution in [0, 0.1) is 0 Å². The smallest absolute Gasteiger partial charge is 0.0583 e. The Kier molecular flexibility index (Phi) is 9.82. The predicted molar refractivity (Wildman–Crippen MR) is 107 cm³/mol. The second-order valence-electron chi connectivity index (χ2n) is 6.43. The molecular weight excluding hydrogens is 324 g/mol. The van der Waals surface area contributed by atoms with Gasteiger partial charge in [-0.25, -0.2) is 0 Å². The molecule has 0 saturated carbocycles. The van der Waals surface area contributed by atoms with E-state index < -0.39 is 0 Å². The van der Waals surface area contributed by atoms with E-state index in [1.807, 2.05) is 36.7 Å². The first-order chi connectivity index (χ1) is 12.8. The summed E-state index contributed by atoms with van der Waals surface area (Å²) in [4.78, 5) is 11.1. The molecule has 0 amide bonds. The first-order valence-corrected chi connectivity index (χ1v) is 9.50. The number of hydrogen-bond donors (Lipinski definition) is 3. The summed E-state index contributed by atoms with van der Waals surface area (Å²) in [7, 11) is 0. The van der Waals surface area contributed by atoms with Gasteiger partial charge >= 0.3 is 0 Å². The fourth-order valence-electron chi connectivity index (χ4n) is 2.90. The van der Waals surface area contributed by atoms with Crippen LogP contribution < -0.4 is 16.8 Å². The Morgan fingerprint density at radius 2 is 1.62 bits per heavy atom. The molecule has 2 aromatic heterocycles. The van der Waals surface area contributed by atoms with Crippen molar-refractivity contribution in [1.82, 2.24) is 20.2 Å². The Labute approximate surface area is 157 Å². The molecular formula is C20H32N6. The van der Waals surface area contributed by atoms with E-state index in [2.05, 4.69) is 32.3 Å². The molecule has 2 heterocycles. The minimum atomic E-state index is 0.0113. The zero-order valence-corrected chi connectivity index (χ0v) is 15.6. The van der Waals surface area contributed by atoms with Crippen LogP contribution in [0.15, 0.2) is 48.8 Å². The second kappa shape index (κ2) is 12.5. The highest BCUT2D eigenvalue weighted by Gasteiger charge is 2.13. The van der Waals surface area contributed by atoms with Gasteiger partial charge in [0.05, 0.1) is 6.17 Å². The minimum Gasteiger partial charge on any atom is -0.330 e. The molecule has 0 fully saturated rings. The Morgan fingerprint density at radius 3 is 2.23 bits per heavy atom. The Balaban J connectivity index is 1.66. The molecule has 5 N–H and O–H groups in total. The lowest BCUT2D eigenvalue weighted by Crippen LogP contribution is -2.45. The van der Waals surface area contributed by atoms with E-state index in [1.165, 1.54) is 0 Å². The van der Waals surface area contributed by atoms with Crippen LogP contribution in [0.5, 0.6) is 0 Å². The number of hydrogen-bond acceptors (Lipinski definition) is 6. The third-order valence-electron chi connectivity index (χ3n) is 4.40. The highest BCUT2D eigenvalue weighted by atomic mass is 15.2. The van der Waals surface area contributed by atoms with Gasteiger partial charge in [0.25, 0.3) is 0 Å². The number of nitrogens with zero attached hydrogens (tertiary/aromatic N) is 3. The van der Waals surface area contributed by atoms with E-state index in [0.717, 1.165) is 63.3 Å². The fraction of sp³-hybridized carbons (Fsp3) is 0.500. The first kappa shape index (κ1) is 20.5. The van der Waals surface area contributed by atoms with Gasteiger partial charge in [0.2, 0.25) is 0 Å². The van der Waals surface area contributed by atoms with Gasteiger partial charge in [-0.15, -0.1) is 0 Å². The molecule has 142 valence electrons. The highest BCUT2D eigenvalue weighted by Crippen LogP contribution is 2.03. The Bertz CT molecular complexity index is 577. The quantitative estimate of drug-likeness (QED) is 0.369. The lowest BCUT2D eigenvalue weighted by atomic mass is 10.2. The molecule has 0 aromatic carbocycles. The van der Waals surface area contributed by atoms with Crippen molar-refractivity contribution in [2.45, 2.75) is 31.8 Å². The molecule has 26 heavy (non-hydrogen) atoms. The summed E-state index contributed by atoms with van der Waals surface area (Å²) in [6.07, 6.45) is 7.43. The van der Waals surface area contributed by atoms with Crippen molar-refractivity contribution in [2.75, 3.05) is 32.7 Å². The van der Waals surface area contributed by atoms with Crippen LogP contribution in [-0.2, 0) is 12.8 Å². The van der Waals surface area contributed by atoms with E-state index in [9.17, 15) is 0 Å². The summed E-state index contributed by atoms with van der Waals surface area (Å²) < 4.78 is 0. The minimum absolute atomic E-state index is 0.0113. The van der Waals surface area contributed by atoms with Crippen molar-refractivity contribution in [1.29, 1.82) is 0 Å². The normalized spacial score (nSPS) is 12.4. The van der Waals surface area contributed by atoms with Crippen LogP contribution in [0.1, 0.15) is 24.2 Å². The number of aromatic nitrogens is 2. The predicted octanol–water partition coefficient (Wildman–Crippen LogP) is 1.18. The van der Waals surface area contributed by atoms with Crippen molar-refractivity contribution >= 4 is 0 Å². The van der Waals surface area contributed by atoms with Gasteiger partial charge in [-0.1, -0.05) is 12.1 Å². The number of nitrogens with one attached hydrogen (secondary N) is 1. The van der Waals surface area contributed by atoms with Gasteiger partial charge in [0, 0.05) is 56.3 Å². The SMILES string of the molecule is NCCC(N)N(CCCNCCc1ccccn1)CCc1ccccn1. The molecule has 1 unspecified atom stereocenters. The average Bonchev–Trinajstić information content (AvgIpc) is 2.68. The van der Waals surface area contributed by atoms with Gasteiger partial charge in [-0.2, -0.15) is 0 Å². The van der Waals surface area contributed by atoms with Crippen LogP contribution in [0.2, 0.25) is 0 Å². The summed E-state index contributed by atoms with van der Waals surface area (Å²) >= 11 is 0. The zero-order chi connectivity index (χ0) is 18.5. The van der Waals surface area contributed by atoms with Crippen molar-refractivity contribution in [3.05, 3.63) is 60.2 Å². The second-order valence-corrected chi connectivity index (χ2v) is 6.43. The number of nitrogens with two attached hydrogens (primary N) is 2. The van der Waals surface area contributed by atoms with Crippen LogP contribution >= 0.6 is 0 Å². The maximum absolute atomic E-state index is 6.31. The van der Waals surface area contributed by atoms with Crippen molar-refractivity contribution < 1.29 is 0 Å². The summed E-state index contributed by atoms with van der Waals surface area (Å²) in [5.74, 6) is 0. The summed E-state index contributed by atoms with van der Waals surface area (Å²) in [5.41, 5.74) is 14.2. The molecule has 0 aliphatic carbocycles. The topological polar surface area (TPSA) is 93.1 Å². The Hall–Kier alpha value is -1.86. The molecule has 0 aliphatic rings. The maximum atomic E-state index is 6.31. The number of pyridine rings is 2. The molecule has 0 radical (unpaired) electrons. The molecule has 2 aromatic rings. The van der Waals surface area contributed by atoms with Gasteiger partial charge in [0.1, 0.15) is 0 Å². The third-order valence-corrected chi connectivity index (χ3v) is 4.40. The fourth-order valence-corrected chi connectivity index (χ4v) is 2.90. The summed E-state index contributed by atoms with van der Waals surface area (Å²) in [6.45, 7) is 4.41. The molecule has 6 heteroatoms. The van der Waals surface area contributed by atoms with Gasteiger partial charge in [-0.05, 0) is 50.2 Å². The number of rotatable bonds is 13. The van der Waals surface area contributed by atoms with E-state index in [1.54, 1.807) is 0 Å². The van der Waals surface area contributed by atoms with Crippen LogP contribution in [0.3, 0.4) is 0 Å².